The molecule has 3 heterocycles. The van der Waals surface area contributed by atoms with E-state index in [1.165, 1.54) is 0 Å². The SMILES string of the molecule is [2H]c1c([2H])c(-c2cccc(-c3ccccc3)c2)c2c(oc3c([2H])c(-c4nc(-c5cc(-c6ccccc6)cc(-c6ccccc6)c5)nc(-c5cccc6oc7ccccc7c56)n4)c([2H])c([2H])c32)c1[2H]. The van der Waals surface area contributed by atoms with Gasteiger partial charge >= 0.3 is 0 Å². The first kappa shape index (κ1) is 29.7. The molecule has 0 N–H and O–H groups in total. The quantitative estimate of drug-likeness (QED) is 0.161. The Morgan fingerprint density at radius 2 is 0.855 bits per heavy atom. The highest BCUT2D eigenvalue weighted by Gasteiger charge is 2.20. The number of furan rings is 2. The van der Waals surface area contributed by atoms with Gasteiger partial charge in [0.2, 0.25) is 0 Å². The molecule has 0 bridgehead atoms. The molecule has 0 unspecified atom stereocenters. The predicted octanol–water partition coefficient (Wildman–Crippen LogP) is 15.3. The van der Waals surface area contributed by atoms with Crippen LogP contribution in [0.15, 0.2) is 221 Å². The van der Waals surface area contributed by atoms with Gasteiger partial charge < -0.3 is 8.83 Å². The van der Waals surface area contributed by atoms with Crippen LogP contribution in [0.5, 0.6) is 0 Å². The van der Waals surface area contributed by atoms with Crippen LogP contribution < -0.4 is 0 Å². The molecule has 0 saturated carbocycles. The molecular formula is C57H35N3O2. The average molecular weight is 800 g/mol. The van der Waals surface area contributed by atoms with Gasteiger partial charge in [0.25, 0.3) is 0 Å². The number of nitrogens with zero attached hydrogens (tertiary/aromatic N) is 3. The molecule has 12 rings (SSSR count). The summed E-state index contributed by atoms with van der Waals surface area (Å²) in [6, 6.07) is 55.0. The van der Waals surface area contributed by atoms with E-state index in [0.717, 1.165) is 44.2 Å². The van der Waals surface area contributed by atoms with E-state index in [9.17, 15) is 5.48 Å². The Kier molecular flexibility index (Phi) is 7.05. The summed E-state index contributed by atoms with van der Waals surface area (Å²) in [4.78, 5) is 15.3. The maximum absolute atomic E-state index is 9.84. The highest BCUT2D eigenvalue weighted by atomic mass is 16.3. The summed E-state index contributed by atoms with van der Waals surface area (Å²) in [5, 5.41) is 1.95. The molecule has 62 heavy (non-hydrogen) atoms. The van der Waals surface area contributed by atoms with Gasteiger partial charge in [-0.05, 0) is 99.0 Å². The molecule has 3 aromatic heterocycles. The minimum absolute atomic E-state index is 0.0312. The van der Waals surface area contributed by atoms with E-state index in [2.05, 4.69) is 6.07 Å². The van der Waals surface area contributed by atoms with Crippen LogP contribution in [0.3, 0.4) is 0 Å². The zero-order valence-corrected chi connectivity index (χ0v) is 32.9. The van der Waals surface area contributed by atoms with Crippen LogP contribution in [0.4, 0.5) is 0 Å². The van der Waals surface area contributed by atoms with Gasteiger partial charge in [-0.15, -0.1) is 0 Å². The van der Waals surface area contributed by atoms with Crippen LogP contribution in [0, 0.1) is 0 Å². The first-order valence-electron chi connectivity index (χ1n) is 23.3. The van der Waals surface area contributed by atoms with Gasteiger partial charge in [-0.3, -0.25) is 0 Å². The summed E-state index contributed by atoms with van der Waals surface area (Å²) in [5.74, 6) is 0.498. The van der Waals surface area contributed by atoms with E-state index in [-0.39, 0.29) is 86.8 Å². The van der Waals surface area contributed by atoms with Crippen molar-refractivity contribution in [2.24, 2.45) is 0 Å². The second kappa shape index (κ2) is 14.7. The van der Waals surface area contributed by atoms with Crippen molar-refractivity contribution in [3.8, 4) is 78.7 Å². The Morgan fingerprint density at radius 3 is 1.60 bits per heavy atom. The molecule has 0 spiro atoms. The Morgan fingerprint density at radius 1 is 0.323 bits per heavy atom. The number of hydrogen-bond donors (Lipinski definition) is 0. The zero-order chi connectivity index (χ0) is 46.2. The van der Waals surface area contributed by atoms with Crippen LogP contribution in [0.2, 0.25) is 0 Å². The molecule has 0 aliphatic heterocycles. The molecule has 0 aliphatic carbocycles. The van der Waals surface area contributed by atoms with Crippen molar-refractivity contribution < 1.29 is 17.1 Å². The highest BCUT2D eigenvalue weighted by molar-refractivity contribution is 6.14. The molecule has 9 aromatic carbocycles. The third-order valence-corrected chi connectivity index (χ3v) is 11.2. The van der Waals surface area contributed by atoms with E-state index in [1.54, 1.807) is 0 Å². The lowest BCUT2D eigenvalue weighted by molar-refractivity contribution is 0.668. The van der Waals surface area contributed by atoms with Crippen molar-refractivity contribution in [3.63, 3.8) is 0 Å². The van der Waals surface area contributed by atoms with Crippen molar-refractivity contribution in [1.82, 2.24) is 15.0 Å². The molecular weight excluding hydrogens is 759 g/mol. The summed E-state index contributed by atoms with van der Waals surface area (Å²) >= 11 is 0. The molecule has 0 atom stereocenters. The normalized spacial score (nSPS) is 12.9. The van der Waals surface area contributed by atoms with E-state index < -0.39 is 0 Å². The molecule has 12 aromatic rings. The number of aromatic nitrogens is 3. The number of para-hydroxylation sites is 1. The lowest BCUT2D eigenvalue weighted by atomic mass is 9.95. The summed E-state index contributed by atoms with van der Waals surface area (Å²) in [6.45, 7) is 0. The summed E-state index contributed by atoms with van der Waals surface area (Å²) in [5.41, 5.74) is 8.87. The Balaban J connectivity index is 1.14. The van der Waals surface area contributed by atoms with E-state index in [1.807, 2.05) is 170 Å². The van der Waals surface area contributed by atoms with Gasteiger partial charge in [-0.1, -0.05) is 158 Å². The van der Waals surface area contributed by atoms with Crippen LogP contribution in [0.25, 0.3) is 123 Å². The van der Waals surface area contributed by atoms with Gasteiger partial charge in [0.05, 0.1) is 8.22 Å². The summed E-state index contributed by atoms with van der Waals surface area (Å²) in [6.07, 6.45) is 0. The number of benzene rings is 9. The fourth-order valence-electron chi connectivity index (χ4n) is 8.31. The summed E-state index contributed by atoms with van der Waals surface area (Å²) in [7, 11) is 0. The fourth-order valence-corrected chi connectivity index (χ4v) is 8.31. The summed E-state index contributed by atoms with van der Waals surface area (Å²) < 4.78 is 69.0. The molecule has 0 saturated heterocycles. The van der Waals surface area contributed by atoms with Crippen molar-refractivity contribution >= 4 is 43.9 Å². The lowest BCUT2D eigenvalue weighted by Gasteiger charge is -2.13. The van der Waals surface area contributed by atoms with Gasteiger partial charge in [-0.25, -0.2) is 15.0 Å². The van der Waals surface area contributed by atoms with Crippen molar-refractivity contribution in [2.45, 2.75) is 0 Å². The smallest absolute Gasteiger partial charge is 0.164 e. The monoisotopic (exact) mass is 799 g/mol. The van der Waals surface area contributed by atoms with Gasteiger partial charge in [0.15, 0.2) is 17.5 Å². The van der Waals surface area contributed by atoms with Gasteiger partial charge in [0.1, 0.15) is 22.3 Å². The molecule has 0 aliphatic rings. The Bertz CT molecular complexity index is 3930. The van der Waals surface area contributed by atoms with Crippen LogP contribution >= 0.6 is 0 Å². The van der Waals surface area contributed by atoms with Crippen LogP contribution in [0.1, 0.15) is 8.22 Å². The van der Waals surface area contributed by atoms with E-state index >= 15 is 0 Å². The first-order chi connectivity index (χ1) is 33.2. The van der Waals surface area contributed by atoms with Crippen molar-refractivity contribution in [2.75, 3.05) is 0 Å². The van der Waals surface area contributed by atoms with Crippen molar-refractivity contribution in [3.05, 3.63) is 212 Å². The standard InChI is InChI=1S/C57H35N3O2/c1-4-15-36(16-5-1)39-21-12-22-40(31-39)45-24-13-27-50-53(45)47-30-29-41(35-52(47)62-50)55-58-56(60-57(59-55)48-25-14-28-51-54(48)46-23-10-11-26-49(46)61-51)44-33-42(37-17-6-2-7-18-37)32-43(34-44)38-19-8-3-9-20-38/h1-35H/i13D,24D,27D,29D,30D,35D. The van der Waals surface area contributed by atoms with Gasteiger partial charge in [0, 0.05) is 38.2 Å². The van der Waals surface area contributed by atoms with Gasteiger partial charge in [-0.2, -0.15) is 0 Å². The van der Waals surface area contributed by atoms with Crippen LogP contribution in [-0.2, 0) is 0 Å². The first-order valence-corrected chi connectivity index (χ1v) is 20.3. The number of rotatable bonds is 7. The maximum atomic E-state index is 9.84. The topological polar surface area (TPSA) is 65.0 Å². The number of fused-ring (bicyclic) bond motifs is 6. The zero-order valence-electron chi connectivity index (χ0n) is 38.9. The highest BCUT2D eigenvalue weighted by Crippen LogP contribution is 2.41. The third kappa shape index (κ3) is 6.23. The minimum Gasteiger partial charge on any atom is -0.456 e. The molecule has 0 fully saturated rings. The molecule has 0 radical (unpaired) electrons. The second-order valence-corrected chi connectivity index (χ2v) is 15.1. The molecule has 290 valence electrons. The van der Waals surface area contributed by atoms with E-state index in [4.69, 9.17) is 26.5 Å². The second-order valence-electron chi connectivity index (χ2n) is 15.1. The average Bonchev–Trinajstić information content (AvgIpc) is 3.98. The molecule has 5 heteroatoms. The van der Waals surface area contributed by atoms with Crippen molar-refractivity contribution in [1.29, 1.82) is 0 Å². The molecule has 0 amide bonds. The number of hydrogen-bond acceptors (Lipinski definition) is 5. The maximum Gasteiger partial charge on any atom is 0.164 e. The lowest BCUT2D eigenvalue weighted by Crippen LogP contribution is -2.01. The van der Waals surface area contributed by atoms with Crippen LogP contribution in [-0.4, -0.2) is 15.0 Å². The predicted molar refractivity (Wildman–Crippen MR) is 252 cm³/mol. The fraction of sp³-hybridized carbons (Fsp3) is 0. The molecule has 5 nitrogen and oxygen atoms in total. The van der Waals surface area contributed by atoms with E-state index in [0.29, 0.717) is 27.9 Å². The Hall–Kier alpha value is -8.41. The Labute approximate surface area is 365 Å². The minimum atomic E-state index is -0.360. The third-order valence-electron chi connectivity index (χ3n) is 11.2. The largest absolute Gasteiger partial charge is 0.456 e.